The van der Waals surface area contributed by atoms with Crippen molar-refractivity contribution in [1.29, 1.82) is 0 Å². The zero-order valence-corrected chi connectivity index (χ0v) is 11.8. The maximum absolute atomic E-state index is 14.0. The van der Waals surface area contributed by atoms with Gasteiger partial charge in [-0.3, -0.25) is 0 Å². The van der Waals surface area contributed by atoms with Crippen LogP contribution in [0, 0.1) is 18.2 Å². The Morgan fingerprint density at radius 3 is 2.71 bits per heavy atom. The molecular formula is C17H18FN3. The van der Waals surface area contributed by atoms with Crippen LogP contribution in [0.2, 0.25) is 0 Å². The Hall–Kier alpha value is -2.28. The third-order valence-corrected chi connectivity index (χ3v) is 4.14. The largest absolute Gasteiger partial charge is 0.383 e. The molecule has 0 saturated heterocycles. The van der Waals surface area contributed by atoms with Gasteiger partial charge < -0.3 is 10.3 Å². The van der Waals surface area contributed by atoms with Gasteiger partial charge in [-0.05, 0) is 25.0 Å². The van der Waals surface area contributed by atoms with E-state index in [2.05, 4.69) is 10.9 Å². The molecule has 2 aromatic rings. The van der Waals surface area contributed by atoms with E-state index in [0.717, 1.165) is 18.7 Å². The number of nitrogens with zero attached hydrogens (tertiary/aromatic N) is 2. The minimum atomic E-state index is -0.312. The Labute approximate surface area is 124 Å². The van der Waals surface area contributed by atoms with Crippen molar-refractivity contribution in [2.24, 2.45) is 0 Å². The lowest BCUT2D eigenvalue weighted by atomic mass is 10.1. The molecule has 1 aromatic carbocycles. The zero-order chi connectivity index (χ0) is 14.8. The fourth-order valence-electron chi connectivity index (χ4n) is 3.09. The van der Waals surface area contributed by atoms with Crippen molar-refractivity contribution in [3.63, 3.8) is 0 Å². The van der Waals surface area contributed by atoms with Gasteiger partial charge in [-0.1, -0.05) is 30.9 Å². The van der Waals surface area contributed by atoms with Crippen molar-refractivity contribution in [1.82, 2.24) is 9.55 Å². The molecule has 2 N–H and O–H groups in total. The molecule has 0 radical (unpaired) electrons. The van der Waals surface area contributed by atoms with Gasteiger partial charge in [0.2, 0.25) is 0 Å². The average Bonchev–Trinajstić information content (AvgIpc) is 3.10. The number of benzene rings is 1. The molecule has 108 valence electrons. The molecule has 3 rings (SSSR count). The van der Waals surface area contributed by atoms with Crippen molar-refractivity contribution in [3.8, 4) is 23.6 Å². The van der Waals surface area contributed by atoms with Crippen LogP contribution in [0.5, 0.6) is 0 Å². The molecule has 3 nitrogen and oxygen atoms in total. The van der Waals surface area contributed by atoms with Crippen molar-refractivity contribution >= 4 is 5.82 Å². The first-order valence-corrected chi connectivity index (χ1v) is 7.26. The van der Waals surface area contributed by atoms with E-state index < -0.39 is 0 Å². The molecule has 0 spiro atoms. The van der Waals surface area contributed by atoms with E-state index in [1.54, 1.807) is 18.2 Å². The number of halogens is 1. The van der Waals surface area contributed by atoms with Gasteiger partial charge in [0, 0.05) is 11.5 Å². The van der Waals surface area contributed by atoms with Crippen molar-refractivity contribution in [3.05, 3.63) is 35.9 Å². The van der Waals surface area contributed by atoms with E-state index >= 15 is 0 Å². The van der Waals surface area contributed by atoms with Gasteiger partial charge in [0.1, 0.15) is 23.2 Å². The summed E-state index contributed by atoms with van der Waals surface area (Å²) in [5, 5.41) is 0. The van der Waals surface area contributed by atoms with Crippen LogP contribution in [0.3, 0.4) is 0 Å². The van der Waals surface area contributed by atoms with Gasteiger partial charge in [-0.2, -0.15) is 0 Å². The predicted molar refractivity (Wildman–Crippen MR) is 82.1 cm³/mol. The molecule has 21 heavy (non-hydrogen) atoms. The van der Waals surface area contributed by atoms with Gasteiger partial charge in [-0.15, -0.1) is 6.42 Å². The number of imidazole rings is 1. The Bertz CT molecular complexity index is 691. The summed E-state index contributed by atoms with van der Waals surface area (Å²) in [6.07, 6.45) is 10.0. The van der Waals surface area contributed by atoms with Crippen molar-refractivity contribution in [2.45, 2.75) is 38.1 Å². The molecule has 4 heteroatoms. The van der Waals surface area contributed by atoms with E-state index in [4.69, 9.17) is 12.2 Å². The predicted octanol–water partition coefficient (Wildman–Crippen LogP) is 3.56. The van der Waals surface area contributed by atoms with Crippen LogP contribution in [-0.2, 0) is 6.54 Å². The third-order valence-electron chi connectivity index (χ3n) is 4.14. The van der Waals surface area contributed by atoms with E-state index in [1.165, 1.54) is 18.9 Å². The molecule has 0 unspecified atom stereocenters. The first-order valence-electron chi connectivity index (χ1n) is 7.26. The maximum atomic E-state index is 14.0. The van der Waals surface area contributed by atoms with Gasteiger partial charge in [0.25, 0.3) is 0 Å². The summed E-state index contributed by atoms with van der Waals surface area (Å²) in [6, 6.07) is 6.57. The summed E-state index contributed by atoms with van der Waals surface area (Å²) in [5.74, 6) is 4.04. The van der Waals surface area contributed by atoms with Crippen LogP contribution in [-0.4, -0.2) is 9.55 Å². The number of terminal acetylenes is 1. The number of rotatable bonds is 3. The normalized spacial score (nSPS) is 15.2. The van der Waals surface area contributed by atoms with Crippen molar-refractivity contribution in [2.75, 3.05) is 5.73 Å². The second-order valence-corrected chi connectivity index (χ2v) is 5.46. The fourth-order valence-corrected chi connectivity index (χ4v) is 3.09. The first-order chi connectivity index (χ1) is 10.2. The van der Waals surface area contributed by atoms with Crippen LogP contribution in [0.25, 0.3) is 11.3 Å². The SMILES string of the molecule is C#CCn1c(C2CCCC2)nc(-c2ccccc2F)c1N. The summed E-state index contributed by atoms with van der Waals surface area (Å²) in [7, 11) is 0. The minimum absolute atomic E-state index is 0.312. The number of anilines is 1. The fraction of sp³-hybridized carbons (Fsp3) is 0.353. The summed E-state index contributed by atoms with van der Waals surface area (Å²) in [5.41, 5.74) is 7.14. The van der Waals surface area contributed by atoms with Gasteiger partial charge in [0.15, 0.2) is 0 Å². The molecule has 1 saturated carbocycles. The topological polar surface area (TPSA) is 43.8 Å². The molecule has 0 atom stereocenters. The number of nitrogen functional groups attached to an aromatic ring is 1. The smallest absolute Gasteiger partial charge is 0.132 e. The summed E-state index contributed by atoms with van der Waals surface area (Å²) in [6.45, 7) is 0.374. The van der Waals surface area contributed by atoms with E-state index in [0.29, 0.717) is 29.5 Å². The Morgan fingerprint density at radius 1 is 1.33 bits per heavy atom. The number of nitrogens with two attached hydrogens (primary N) is 1. The number of hydrogen-bond donors (Lipinski definition) is 1. The van der Waals surface area contributed by atoms with Gasteiger partial charge in [-0.25, -0.2) is 9.37 Å². The number of aromatic nitrogens is 2. The lowest BCUT2D eigenvalue weighted by Gasteiger charge is -2.11. The molecule has 1 aliphatic rings. The molecule has 1 aromatic heterocycles. The monoisotopic (exact) mass is 283 g/mol. The van der Waals surface area contributed by atoms with Crippen LogP contribution >= 0.6 is 0 Å². The highest BCUT2D eigenvalue weighted by Gasteiger charge is 2.26. The van der Waals surface area contributed by atoms with E-state index in [1.807, 2.05) is 4.57 Å². The van der Waals surface area contributed by atoms with Gasteiger partial charge in [0.05, 0.1) is 6.54 Å². The summed E-state index contributed by atoms with van der Waals surface area (Å²) < 4.78 is 15.9. The standard InChI is InChI=1S/C17H18FN3/c1-2-11-21-16(19)15(13-9-5-6-10-14(13)18)20-17(21)12-7-3-4-8-12/h1,5-6,9-10,12H,3-4,7-8,11,19H2. The first kappa shape index (κ1) is 13.7. The quantitative estimate of drug-likeness (QED) is 0.875. The molecular weight excluding hydrogens is 265 g/mol. The van der Waals surface area contributed by atoms with Crippen molar-refractivity contribution < 1.29 is 4.39 Å². The third kappa shape index (κ3) is 2.40. The van der Waals surface area contributed by atoms with Crippen LogP contribution in [0.4, 0.5) is 10.2 Å². The molecule has 0 aliphatic heterocycles. The van der Waals surface area contributed by atoms with E-state index in [-0.39, 0.29) is 5.82 Å². The van der Waals surface area contributed by atoms with Crippen LogP contribution in [0.1, 0.15) is 37.4 Å². The molecule has 1 aliphatic carbocycles. The molecule has 1 heterocycles. The lowest BCUT2D eigenvalue weighted by molar-refractivity contribution is 0.621. The summed E-state index contributed by atoms with van der Waals surface area (Å²) >= 11 is 0. The van der Waals surface area contributed by atoms with E-state index in [9.17, 15) is 4.39 Å². The molecule has 0 amide bonds. The van der Waals surface area contributed by atoms with Gasteiger partial charge >= 0.3 is 0 Å². The second kappa shape index (κ2) is 5.61. The number of hydrogen-bond acceptors (Lipinski definition) is 2. The Kier molecular flexibility index (Phi) is 3.66. The Balaban J connectivity index is 2.12. The Morgan fingerprint density at radius 2 is 2.05 bits per heavy atom. The average molecular weight is 283 g/mol. The lowest BCUT2D eigenvalue weighted by Crippen LogP contribution is -2.09. The highest BCUT2D eigenvalue weighted by atomic mass is 19.1. The van der Waals surface area contributed by atoms with Crippen LogP contribution < -0.4 is 5.73 Å². The highest BCUT2D eigenvalue weighted by Crippen LogP contribution is 2.37. The maximum Gasteiger partial charge on any atom is 0.132 e. The molecule has 0 bridgehead atoms. The zero-order valence-electron chi connectivity index (χ0n) is 11.8. The van der Waals surface area contributed by atoms with Crippen LogP contribution in [0.15, 0.2) is 24.3 Å². The second-order valence-electron chi connectivity index (χ2n) is 5.46. The minimum Gasteiger partial charge on any atom is -0.383 e. The molecule has 1 fully saturated rings. The highest BCUT2D eigenvalue weighted by molar-refractivity contribution is 5.71. The summed E-state index contributed by atoms with van der Waals surface area (Å²) in [4.78, 5) is 4.64.